The van der Waals surface area contributed by atoms with E-state index in [0.717, 1.165) is 5.56 Å². The summed E-state index contributed by atoms with van der Waals surface area (Å²) in [5.74, 6) is 0. The maximum atomic E-state index is 12.1. The Labute approximate surface area is 111 Å². The lowest BCUT2D eigenvalue weighted by Gasteiger charge is -2.35. The number of aliphatic hydroxyl groups excluding tert-OH is 1. The highest BCUT2D eigenvalue weighted by atomic mass is 16.6. The van der Waals surface area contributed by atoms with Crippen molar-refractivity contribution in [2.75, 3.05) is 19.8 Å². The van der Waals surface area contributed by atoms with Crippen LogP contribution in [-0.2, 0) is 16.1 Å². The maximum Gasteiger partial charge on any atom is 0.410 e. The minimum absolute atomic E-state index is 0.0384. The van der Waals surface area contributed by atoms with Crippen molar-refractivity contribution in [3.05, 3.63) is 35.9 Å². The van der Waals surface area contributed by atoms with Gasteiger partial charge < -0.3 is 14.6 Å². The number of hydrogen-bond acceptors (Lipinski definition) is 4. The first-order chi connectivity index (χ1) is 9.23. The fourth-order valence-electron chi connectivity index (χ4n) is 2.78. The first-order valence-corrected chi connectivity index (χ1v) is 6.44. The highest BCUT2D eigenvalue weighted by molar-refractivity contribution is 5.69. The second-order valence-corrected chi connectivity index (χ2v) is 5.17. The summed E-state index contributed by atoms with van der Waals surface area (Å²) in [4.78, 5) is 13.7. The van der Waals surface area contributed by atoms with Crippen molar-refractivity contribution in [1.82, 2.24) is 4.90 Å². The summed E-state index contributed by atoms with van der Waals surface area (Å²) < 4.78 is 10.8. The van der Waals surface area contributed by atoms with E-state index < -0.39 is 5.54 Å². The molecule has 1 aromatic carbocycles. The van der Waals surface area contributed by atoms with Gasteiger partial charge in [-0.2, -0.15) is 0 Å². The van der Waals surface area contributed by atoms with Crippen LogP contribution in [0.1, 0.15) is 12.0 Å². The minimum Gasteiger partial charge on any atom is -0.445 e. The Morgan fingerprint density at radius 3 is 2.95 bits per heavy atom. The van der Waals surface area contributed by atoms with E-state index in [4.69, 9.17) is 9.47 Å². The molecule has 2 heterocycles. The fraction of sp³-hybridized carbons (Fsp3) is 0.500. The number of likely N-dealkylation sites (tertiary alicyclic amines) is 1. The van der Waals surface area contributed by atoms with Crippen molar-refractivity contribution in [3.63, 3.8) is 0 Å². The van der Waals surface area contributed by atoms with Crippen LogP contribution in [0.2, 0.25) is 0 Å². The van der Waals surface area contributed by atoms with Crippen molar-refractivity contribution < 1.29 is 19.4 Å². The number of nitrogens with zero attached hydrogens (tertiary/aromatic N) is 1. The van der Waals surface area contributed by atoms with E-state index in [0.29, 0.717) is 19.6 Å². The van der Waals surface area contributed by atoms with Gasteiger partial charge in [0.05, 0.1) is 31.4 Å². The molecule has 3 rings (SSSR count). The van der Waals surface area contributed by atoms with Crippen LogP contribution in [0.4, 0.5) is 4.79 Å². The lowest BCUT2D eigenvalue weighted by Crippen LogP contribution is -2.54. The lowest BCUT2D eigenvalue weighted by molar-refractivity contribution is -0.0306. The predicted octanol–water partition coefficient (Wildman–Crippen LogP) is 1.16. The standard InChI is InChI=1S/C14H17NO4/c16-9-14-6-12(19-10-14)7-15(14)13(17)18-8-11-4-2-1-3-5-11/h1-5,12,16H,6-10H2. The van der Waals surface area contributed by atoms with E-state index in [1.165, 1.54) is 0 Å². The van der Waals surface area contributed by atoms with Crippen LogP contribution < -0.4 is 0 Å². The molecule has 0 radical (unpaired) electrons. The fourth-order valence-corrected chi connectivity index (χ4v) is 2.78. The predicted molar refractivity (Wildman–Crippen MR) is 67.5 cm³/mol. The van der Waals surface area contributed by atoms with Crippen molar-refractivity contribution >= 4 is 6.09 Å². The zero-order valence-electron chi connectivity index (χ0n) is 10.6. The van der Waals surface area contributed by atoms with Gasteiger partial charge in [0.25, 0.3) is 0 Å². The maximum absolute atomic E-state index is 12.1. The van der Waals surface area contributed by atoms with E-state index >= 15 is 0 Å². The van der Waals surface area contributed by atoms with Crippen molar-refractivity contribution in [1.29, 1.82) is 0 Å². The number of benzene rings is 1. The molecule has 2 unspecified atom stereocenters. The topological polar surface area (TPSA) is 59.0 Å². The van der Waals surface area contributed by atoms with Crippen LogP contribution in [0.3, 0.4) is 0 Å². The second-order valence-electron chi connectivity index (χ2n) is 5.17. The summed E-state index contributed by atoms with van der Waals surface area (Å²) >= 11 is 0. The van der Waals surface area contributed by atoms with Gasteiger partial charge in [-0.3, -0.25) is 4.90 Å². The Bertz CT molecular complexity index is 464. The largest absolute Gasteiger partial charge is 0.445 e. The van der Waals surface area contributed by atoms with Gasteiger partial charge in [0, 0.05) is 6.42 Å². The molecule has 2 bridgehead atoms. The number of amides is 1. The molecule has 2 saturated heterocycles. The van der Waals surface area contributed by atoms with Crippen LogP contribution >= 0.6 is 0 Å². The number of aliphatic hydroxyl groups is 1. The molecule has 1 N–H and O–H groups in total. The van der Waals surface area contributed by atoms with Gasteiger partial charge in [-0.05, 0) is 5.56 Å². The van der Waals surface area contributed by atoms with Gasteiger partial charge in [0.15, 0.2) is 0 Å². The quantitative estimate of drug-likeness (QED) is 0.889. The highest BCUT2D eigenvalue weighted by Crippen LogP contribution is 2.38. The average Bonchev–Trinajstić information content (AvgIpc) is 3.04. The van der Waals surface area contributed by atoms with Crippen LogP contribution in [0.5, 0.6) is 0 Å². The summed E-state index contributed by atoms with van der Waals surface area (Å²) in [6.07, 6.45) is 0.365. The minimum atomic E-state index is -0.571. The molecule has 2 fully saturated rings. The van der Waals surface area contributed by atoms with E-state index in [1.54, 1.807) is 4.90 Å². The van der Waals surface area contributed by atoms with Crippen LogP contribution in [0.15, 0.2) is 30.3 Å². The summed E-state index contributed by atoms with van der Waals surface area (Å²) in [7, 11) is 0. The van der Waals surface area contributed by atoms with Gasteiger partial charge in [-0.15, -0.1) is 0 Å². The molecular formula is C14H17NO4. The Morgan fingerprint density at radius 2 is 2.26 bits per heavy atom. The Balaban J connectivity index is 1.62. The van der Waals surface area contributed by atoms with Gasteiger partial charge >= 0.3 is 6.09 Å². The number of hydrogen-bond donors (Lipinski definition) is 1. The van der Waals surface area contributed by atoms with Crippen molar-refractivity contribution in [2.45, 2.75) is 24.7 Å². The van der Waals surface area contributed by atoms with Crippen molar-refractivity contribution in [3.8, 4) is 0 Å². The van der Waals surface area contributed by atoms with Crippen LogP contribution in [-0.4, -0.2) is 47.5 Å². The summed E-state index contributed by atoms with van der Waals surface area (Å²) in [6.45, 7) is 1.08. The smallest absolute Gasteiger partial charge is 0.410 e. The number of carbonyl (C=O) groups is 1. The Kier molecular flexibility index (Phi) is 3.16. The van der Waals surface area contributed by atoms with E-state index in [2.05, 4.69) is 0 Å². The SMILES string of the molecule is O=C(OCc1ccccc1)N1CC2CC1(CO)CO2. The second kappa shape index (κ2) is 4.83. The molecule has 0 saturated carbocycles. The molecule has 2 atom stereocenters. The lowest BCUT2D eigenvalue weighted by atomic mass is 10.0. The summed E-state index contributed by atoms with van der Waals surface area (Å²) in [5, 5.41) is 9.52. The molecule has 19 heavy (non-hydrogen) atoms. The van der Waals surface area contributed by atoms with Gasteiger partial charge in [0.1, 0.15) is 6.61 Å². The zero-order chi connectivity index (χ0) is 13.3. The molecular weight excluding hydrogens is 246 g/mol. The zero-order valence-corrected chi connectivity index (χ0v) is 10.6. The first kappa shape index (κ1) is 12.4. The van der Waals surface area contributed by atoms with Gasteiger partial charge in [-0.1, -0.05) is 30.3 Å². The number of morpholine rings is 1. The molecule has 1 amide bonds. The molecule has 1 aromatic rings. The third-order valence-electron chi connectivity index (χ3n) is 3.87. The molecule has 102 valence electrons. The molecule has 2 aliphatic heterocycles. The number of carbonyl (C=O) groups excluding carboxylic acids is 1. The molecule has 0 spiro atoms. The normalized spacial score (nSPS) is 28.7. The molecule has 2 aliphatic rings. The molecule has 5 heteroatoms. The van der Waals surface area contributed by atoms with E-state index in [9.17, 15) is 9.90 Å². The first-order valence-electron chi connectivity index (χ1n) is 6.44. The third kappa shape index (κ3) is 2.19. The van der Waals surface area contributed by atoms with E-state index in [-0.39, 0.29) is 25.4 Å². The monoisotopic (exact) mass is 263 g/mol. The van der Waals surface area contributed by atoms with E-state index in [1.807, 2.05) is 30.3 Å². The van der Waals surface area contributed by atoms with Crippen molar-refractivity contribution in [2.24, 2.45) is 0 Å². The third-order valence-corrected chi connectivity index (χ3v) is 3.87. The van der Waals surface area contributed by atoms with Crippen LogP contribution in [0, 0.1) is 0 Å². The summed E-state index contributed by atoms with van der Waals surface area (Å²) in [6, 6.07) is 9.56. The molecule has 5 nitrogen and oxygen atoms in total. The number of fused-ring (bicyclic) bond motifs is 2. The highest BCUT2D eigenvalue weighted by Gasteiger charge is 2.54. The van der Waals surface area contributed by atoms with Gasteiger partial charge in [0.2, 0.25) is 0 Å². The van der Waals surface area contributed by atoms with Gasteiger partial charge in [-0.25, -0.2) is 4.79 Å². The Hall–Kier alpha value is -1.59. The molecule has 0 aromatic heterocycles. The average molecular weight is 263 g/mol. The Morgan fingerprint density at radius 1 is 1.47 bits per heavy atom. The summed E-state index contributed by atoms with van der Waals surface area (Å²) in [5.41, 5.74) is 0.382. The van der Waals surface area contributed by atoms with Crippen LogP contribution in [0.25, 0.3) is 0 Å². The number of rotatable bonds is 3. The number of ether oxygens (including phenoxy) is 2. The molecule has 0 aliphatic carbocycles.